The molecule has 4 aromatic rings. The lowest BCUT2D eigenvalue weighted by Crippen LogP contribution is -2.32. The van der Waals surface area contributed by atoms with Crippen LogP contribution in [0.15, 0.2) is 42.7 Å². The summed E-state index contributed by atoms with van der Waals surface area (Å²) in [6, 6.07) is 8.84. The third-order valence-corrected chi connectivity index (χ3v) is 4.66. The molecule has 29 heavy (non-hydrogen) atoms. The molecule has 9 nitrogen and oxygen atoms in total. The zero-order chi connectivity index (χ0) is 20.5. The number of carbonyl (C=O) groups excluding carboxylic acids is 1. The minimum atomic E-state index is -0.541. The normalized spacial score (nSPS) is 12.1. The van der Waals surface area contributed by atoms with Crippen LogP contribution in [0.4, 0.5) is 0 Å². The molecule has 0 aliphatic heterocycles. The van der Waals surface area contributed by atoms with Crippen LogP contribution in [-0.4, -0.2) is 42.2 Å². The Kier molecular flexibility index (Phi) is 4.71. The summed E-state index contributed by atoms with van der Waals surface area (Å²) < 4.78 is 8.90. The van der Waals surface area contributed by atoms with Crippen LogP contribution in [0.1, 0.15) is 39.4 Å². The highest BCUT2D eigenvalue weighted by Crippen LogP contribution is 2.29. The largest absolute Gasteiger partial charge is 0.496 e. The summed E-state index contributed by atoms with van der Waals surface area (Å²) in [7, 11) is 3.46. The first-order valence-corrected chi connectivity index (χ1v) is 9.10. The van der Waals surface area contributed by atoms with Crippen molar-refractivity contribution in [3.05, 3.63) is 71.3 Å². The number of hydrogen-bond acceptors (Lipinski definition) is 6. The fourth-order valence-corrected chi connectivity index (χ4v) is 3.30. The van der Waals surface area contributed by atoms with E-state index in [4.69, 9.17) is 4.74 Å². The average Bonchev–Trinajstić information content (AvgIpc) is 3.32. The number of rotatable bonds is 5. The average molecular weight is 391 g/mol. The molecule has 0 aliphatic carbocycles. The maximum absolute atomic E-state index is 13.0. The summed E-state index contributed by atoms with van der Waals surface area (Å²) in [5, 5.41) is 7.31. The van der Waals surface area contributed by atoms with E-state index < -0.39 is 11.9 Å². The molecule has 0 saturated heterocycles. The molecule has 1 amide bonds. The van der Waals surface area contributed by atoms with Crippen molar-refractivity contribution in [2.45, 2.75) is 19.9 Å². The first-order valence-electron chi connectivity index (χ1n) is 9.10. The highest BCUT2D eigenvalue weighted by Gasteiger charge is 2.26. The van der Waals surface area contributed by atoms with Gasteiger partial charge in [0.2, 0.25) is 5.82 Å². The lowest BCUT2D eigenvalue weighted by molar-refractivity contribution is 0.0930. The molecule has 0 fully saturated rings. The maximum Gasteiger partial charge on any atom is 0.291 e. The van der Waals surface area contributed by atoms with Crippen molar-refractivity contribution in [2.24, 2.45) is 7.05 Å². The molecule has 9 heteroatoms. The van der Waals surface area contributed by atoms with Gasteiger partial charge in [0, 0.05) is 36.4 Å². The quantitative estimate of drug-likeness (QED) is 0.559. The van der Waals surface area contributed by atoms with Crippen molar-refractivity contribution in [1.82, 2.24) is 34.4 Å². The van der Waals surface area contributed by atoms with E-state index in [-0.39, 0.29) is 5.82 Å². The van der Waals surface area contributed by atoms with E-state index in [1.54, 1.807) is 17.8 Å². The lowest BCUT2D eigenvalue weighted by Gasteiger charge is -2.20. The van der Waals surface area contributed by atoms with Crippen molar-refractivity contribution in [3.63, 3.8) is 0 Å². The number of hydrogen-bond donors (Lipinski definition) is 1. The predicted octanol–water partition coefficient (Wildman–Crippen LogP) is 2.00. The maximum atomic E-state index is 13.0. The molecule has 0 aliphatic rings. The molecule has 4 rings (SSSR count). The van der Waals surface area contributed by atoms with E-state index in [2.05, 4.69) is 25.4 Å². The second kappa shape index (κ2) is 7.34. The lowest BCUT2D eigenvalue weighted by atomic mass is 10.0. The molecule has 0 bridgehead atoms. The Labute approximate surface area is 167 Å². The minimum absolute atomic E-state index is 0.0420. The summed E-state index contributed by atoms with van der Waals surface area (Å²) in [6.07, 6.45) is 3.51. The Morgan fingerprint density at radius 2 is 2.00 bits per heavy atom. The van der Waals surface area contributed by atoms with Crippen LogP contribution in [-0.2, 0) is 7.05 Å². The summed E-state index contributed by atoms with van der Waals surface area (Å²) in [5.41, 5.74) is 2.45. The van der Waals surface area contributed by atoms with Gasteiger partial charge in [-0.15, -0.1) is 5.10 Å². The molecule has 0 saturated carbocycles. The summed E-state index contributed by atoms with van der Waals surface area (Å²) in [6.45, 7) is 3.77. The van der Waals surface area contributed by atoms with Gasteiger partial charge in [-0.2, -0.15) is 4.98 Å². The minimum Gasteiger partial charge on any atom is -0.496 e. The molecule has 0 radical (unpaired) electrons. The number of imidazole rings is 1. The van der Waals surface area contributed by atoms with Gasteiger partial charge in [0.15, 0.2) is 0 Å². The Morgan fingerprint density at radius 1 is 1.21 bits per heavy atom. The Balaban J connectivity index is 1.74. The van der Waals surface area contributed by atoms with Gasteiger partial charge < -0.3 is 14.6 Å². The van der Waals surface area contributed by atoms with Crippen LogP contribution in [0, 0.1) is 13.8 Å². The first kappa shape index (κ1) is 18.6. The van der Waals surface area contributed by atoms with Crippen LogP contribution in [0.5, 0.6) is 5.75 Å². The second-order valence-electron chi connectivity index (χ2n) is 6.73. The van der Waals surface area contributed by atoms with Crippen molar-refractivity contribution in [1.29, 1.82) is 0 Å². The zero-order valence-corrected chi connectivity index (χ0v) is 16.6. The van der Waals surface area contributed by atoms with Crippen LogP contribution in [0.3, 0.4) is 0 Å². The molecule has 1 unspecified atom stereocenters. The highest BCUT2D eigenvalue weighted by atomic mass is 16.5. The summed E-state index contributed by atoms with van der Waals surface area (Å²) >= 11 is 0. The van der Waals surface area contributed by atoms with Crippen molar-refractivity contribution >= 4 is 11.7 Å². The fraction of sp³-hybridized carbons (Fsp3) is 0.250. The molecule has 1 aromatic carbocycles. The third-order valence-electron chi connectivity index (χ3n) is 4.66. The molecule has 3 aromatic heterocycles. The number of carbonyl (C=O) groups is 1. The summed E-state index contributed by atoms with van der Waals surface area (Å²) in [5.74, 6) is 1.32. The van der Waals surface area contributed by atoms with Crippen molar-refractivity contribution in [3.8, 4) is 5.75 Å². The SMILES string of the molecule is COc1ccccc1C(NC(=O)c1nc2nc(C)cc(C)n2n1)c1nccn1C. The van der Waals surface area contributed by atoms with Crippen LogP contribution >= 0.6 is 0 Å². The van der Waals surface area contributed by atoms with E-state index in [0.717, 1.165) is 17.0 Å². The number of nitrogens with zero attached hydrogens (tertiary/aromatic N) is 6. The molecular weight excluding hydrogens is 370 g/mol. The highest BCUT2D eigenvalue weighted by molar-refractivity contribution is 5.91. The number of benzene rings is 1. The van der Waals surface area contributed by atoms with E-state index in [1.165, 1.54) is 0 Å². The third kappa shape index (κ3) is 3.42. The van der Waals surface area contributed by atoms with Gasteiger partial charge in [-0.25, -0.2) is 14.5 Å². The standard InChI is InChI=1S/C20H21N7O2/c1-12-11-13(2)27-20(22-12)24-17(25-27)19(28)23-16(18-21-9-10-26(18)3)14-7-5-6-8-15(14)29-4/h5-11,16H,1-4H3,(H,23,28). The molecule has 148 valence electrons. The summed E-state index contributed by atoms with van der Waals surface area (Å²) in [4.78, 5) is 26.1. The molecule has 1 atom stereocenters. The fourth-order valence-electron chi connectivity index (χ4n) is 3.30. The van der Waals surface area contributed by atoms with E-state index in [9.17, 15) is 4.79 Å². The topological polar surface area (TPSA) is 99.2 Å². The van der Waals surface area contributed by atoms with Gasteiger partial charge in [0.25, 0.3) is 11.7 Å². The monoisotopic (exact) mass is 391 g/mol. The molecule has 3 heterocycles. The van der Waals surface area contributed by atoms with Gasteiger partial charge in [-0.05, 0) is 26.0 Å². The van der Waals surface area contributed by atoms with Gasteiger partial charge in [0.05, 0.1) is 7.11 Å². The van der Waals surface area contributed by atoms with Crippen molar-refractivity contribution < 1.29 is 9.53 Å². The van der Waals surface area contributed by atoms with Gasteiger partial charge in [-0.3, -0.25) is 4.79 Å². The van der Waals surface area contributed by atoms with Crippen LogP contribution < -0.4 is 10.1 Å². The van der Waals surface area contributed by atoms with Crippen molar-refractivity contribution in [2.75, 3.05) is 7.11 Å². The molecular formula is C20H21N7O2. The van der Waals surface area contributed by atoms with Gasteiger partial charge in [-0.1, -0.05) is 18.2 Å². The number of amides is 1. The Morgan fingerprint density at radius 3 is 2.72 bits per heavy atom. The number of fused-ring (bicyclic) bond motifs is 1. The second-order valence-corrected chi connectivity index (χ2v) is 6.73. The number of ether oxygens (including phenoxy) is 1. The molecule has 0 spiro atoms. The number of aromatic nitrogens is 6. The smallest absolute Gasteiger partial charge is 0.291 e. The van der Waals surface area contributed by atoms with E-state index in [1.807, 2.05) is 62.0 Å². The predicted molar refractivity (Wildman–Crippen MR) is 106 cm³/mol. The van der Waals surface area contributed by atoms with E-state index in [0.29, 0.717) is 17.4 Å². The number of para-hydroxylation sites is 1. The van der Waals surface area contributed by atoms with Gasteiger partial charge >= 0.3 is 0 Å². The molecule has 1 N–H and O–H groups in total. The number of aryl methyl sites for hydroxylation is 3. The number of methoxy groups -OCH3 is 1. The van der Waals surface area contributed by atoms with E-state index >= 15 is 0 Å². The Bertz CT molecular complexity index is 1190. The number of nitrogens with one attached hydrogen (secondary N) is 1. The van der Waals surface area contributed by atoms with Crippen LogP contribution in [0.25, 0.3) is 5.78 Å². The Hall–Kier alpha value is -3.75. The van der Waals surface area contributed by atoms with Crippen LogP contribution in [0.2, 0.25) is 0 Å². The van der Waals surface area contributed by atoms with Gasteiger partial charge in [0.1, 0.15) is 17.6 Å². The first-order chi connectivity index (χ1) is 14.0. The zero-order valence-electron chi connectivity index (χ0n) is 16.6.